The Morgan fingerprint density at radius 2 is 1.03 bits per heavy atom. The zero-order valence-corrected chi connectivity index (χ0v) is 21.1. The third-order valence-electron chi connectivity index (χ3n) is 8.09. The van der Waals surface area contributed by atoms with Gasteiger partial charge in [0.2, 0.25) is 6.71 Å². The molecule has 3 aromatic heterocycles. The van der Waals surface area contributed by atoms with Crippen molar-refractivity contribution in [2.45, 2.75) is 5.41 Å². The van der Waals surface area contributed by atoms with Crippen molar-refractivity contribution in [1.82, 2.24) is 15.0 Å². The number of fused-ring (bicyclic) bond motifs is 8. The average Bonchev–Trinajstić information content (AvgIpc) is 3.02. The van der Waals surface area contributed by atoms with Crippen LogP contribution in [0.3, 0.4) is 0 Å². The lowest BCUT2D eigenvalue weighted by molar-refractivity contribution is 0.657. The van der Waals surface area contributed by atoms with Gasteiger partial charge in [-0.1, -0.05) is 89.8 Å². The van der Waals surface area contributed by atoms with E-state index in [-0.39, 0.29) is 6.71 Å². The van der Waals surface area contributed by atoms with Crippen LogP contribution >= 0.6 is 0 Å². The molecule has 2 aliphatic heterocycles. The van der Waals surface area contributed by atoms with Crippen molar-refractivity contribution in [3.05, 3.63) is 163 Å². The van der Waals surface area contributed by atoms with Gasteiger partial charge >= 0.3 is 0 Å². The van der Waals surface area contributed by atoms with E-state index in [1.807, 2.05) is 42.9 Å². The lowest BCUT2D eigenvalue weighted by Crippen LogP contribution is -2.63. The first kappa shape index (κ1) is 22.0. The van der Waals surface area contributed by atoms with Crippen LogP contribution in [0.4, 0.5) is 17.1 Å². The van der Waals surface area contributed by atoms with Gasteiger partial charge in [0, 0.05) is 24.3 Å². The second-order valence-corrected chi connectivity index (χ2v) is 10.0. The van der Waals surface area contributed by atoms with Gasteiger partial charge in [-0.05, 0) is 53.5 Å². The van der Waals surface area contributed by atoms with Crippen molar-refractivity contribution < 1.29 is 0 Å². The van der Waals surface area contributed by atoms with Crippen LogP contribution in [-0.4, -0.2) is 21.7 Å². The summed E-state index contributed by atoms with van der Waals surface area (Å²) < 4.78 is 0. The van der Waals surface area contributed by atoms with Crippen LogP contribution in [0, 0.1) is 0 Å². The van der Waals surface area contributed by atoms with Crippen molar-refractivity contribution in [3.8, 4) is 0 Å². The zero-order chi connectivity index (χ0) is 25.8. The Hall–Kier alpha value is -5.03. The summed E-state index contributed by atoms with van der Waals surface area (Å²) in [6.45, 7) is 0.0585. The number of benzene rings is 3. The predicted octanol–water partition coefficient (Wildman–Crippen LogP) is 4.87. The summed E-state index contributed by atoms with van der Waals surface area (Å²) in [7, 11) is 0. The van der Waals surface area contributed by atoms with Gasteiger partial charge in [-0.3, -0.25) is 15.0 Å². The molecule has 0 saturated carbocycles. The normalized spacial score (nSPS) is 14.3. The quantitative estimate of drug-likeness (QED) is 0.319. The largest absolute Gasteiger partial charge is 0.307 e. The Balaban J connectivity index is 1.53. The molecule has 0 atom stereocenters. The van der Waals surface area contributed by atoms with Crippen LogP contribution in [-0.2, 0) is 5.41 Å². The fourth-order valence-electron chi connectivity index (χ4n) is 6.66. The topological polar surface area (TPSA) is 41.9 Å². The molecule has 2 aliphatic rings. The van der Waals surface area contributed by atoms with Crippen LogP contribution < -0.4 is 21.3 Å². The first-order valence-corrected chi connectivity index (χ1v) is 13.2. The molecule has 8 rings (SSSR count). The molecule has 1 spiro atoms. The number of hydrogen-bond donors (Lipinski definition) is 0. The Labute approximate surface area is 227 Å². The minimum Gasteiger partial charge on any atom is -0.307 e. The van der Waals surface area contributed by atoms with Gasteiger partial charge in [-0.25, -0.2) is 0 Å². The minimum atomic E-state index is -0.767. The number of aromatic nitrogens is 3. The van der Waals surface area contributed by atoms with Crippen LogP contribution in [0.5, 0.6) is 0 Å². The monoisotopic (exact) mass is 498 g/mol. The standard InChI is InChI=1S/C34H23BN4/c1-3-12-24(13-4-1)35-27-17-8-7-16-26(27)34(31-28(35)18-9-21-36-31)32-29(19-10-22-37-32)39(25-14-5-2-6-15-25)30-20-11-23-38-33(30)34/h1-23H. The lowest BCUT2D eigenvalue weighted by atomic mass is 9.31. The SMILES string of the molecule is c1ccc(B2c3ccccc3C3(c4ncccc42)c2ncccc2N(c2ccccc2)c2cccnc23)cc1. The maximum atomic E-state index is 5.17. The molecule has 0 amide bonds. The van der Waals surface area contributed by atoms with Crippen molar-refractivity contribution in [2.75, 3.05) is 4.90 Å². The Bertz CT molecular complexity index is 1600. The van der Waals surface area contributed by atoms with Gasteiger partial charge < -0.3 is 4.90 Å². The molecule has 0 N–H and O–H groups in total. The fourth-order valence-corrected chi connectivity index (χ4v) is 6.66. The summed E-state index contributed by atoms with van der Waals surface area (Å²) in [5.41, 5.74) is 10.1. The second kappa shape index (κ2) is 8.50. The highest BCUT2D eigenvalue weighted by Gasteiger charge is 2.55. The molecule has 5 heterocycles. The van der Waals surface area contributed by atoms with E-state index in [1.165, 1.54) is 22.0 Å². The van der Waals surface area contributed by atoms with Crippen LogP contribution in [0.2, 0.25) is 0 Å². The molecule has 39 heavy (non-hydrogen) atoms. The summed E-state index contributed by atoms with van der Waals surface area (Å²) in [6, 6.07) is 42.6. The van der Waals surface area contributed by atoms with Gasteiger partial charge in [-0.2, -0.15) is 0 Å². The molecular weight excluding hydrogens is 475 g/mol. The molecule has 0 radical (unpaired) electrons. The molecule has 0 fully saturated rings. The van der Waals surface area contributed by atoms with Crippen molar-refractivity contribution in [1.29, 1.82) is 0 Å². The molecule has 0 bridgehead atoms. The summed E-state index contributed by atoms with van der Waals surface area (Å²) in [5, 5.41) is 0. The first-order valence-electron chi connectivity index (χ1n) is 13.2. The lowest BCUT2D eigenvalue weighted by Gasteiger charge is -2.47. The number of rotatable bonds is 2. The van der Waals surface area contributed by atoms with Crippen molar-refractivity contribution >= 4 is 40.2 Å². The Morgan fingerprint density at radius 1 is 0.487 bits per heavy atom. The molecule has 5 heteroatoms. The zero-order valence-electron chi connectivity index (χ0n) is 21.1. The smallest absolute Gasteiger partial charge is 0.244 e. The maximum absolute atomic E-state index is 5.17. The third kappa shape index (κ3) is 2.98. The highest BCUT2D eigenvalue weighted by molar-refractivity contribution is 6.96. The van der Waals surface area contributed by atoms with Crippen LogP contribution in [0.15, 0.2) is 140 Å². The van der Waals surface area contributed by atoms with Crippen LogP contribution in [0.1, 0.15) is 22.6 Å². The molecule has 0 unspecified atom stereocenters. The van der Waals surface area contributed by atoms with E-state index in [2.05, 4.69) is 102 Å². The van der Waals surface area contributed by atoms with Gasteiger partial charge in [0.15, 0.2) is 0 Å². The van der Waals surface area contributed by atoms with E-state index in [1.54, 1.807) is 0 Å². The maximum Gasteiger partial charge on any atom is 0.244 e. The molecule has 182 valence electrons. The van der Waals surface area contributed by atoms with E-state index in [9.17, 15) is 0 Å². The second-order valence-electron chi connectivity index (χ2n) is 10.0. The molecule has 6 aromatic rings. The predicted molar refractivity (Wildman–Crippen MR) is 157 cm³/mol. The number of nitrogens with zero attached hydrogens (tertiary/aromatic N) is 4. The van der Waals surface area contributed by atoms with E-state index in [4.69, 9.17) is 15.0 Å². The summed E-state index contributed by atoms with van der Waals surface area (Å²) in [4.78, 5) is 17.7. The van der Waals surface area contributed by atoms with Crippen molar-refractivity contribution in [3.63, 3.8) is 0 Å². The molecule has 4 nitrogen and oxygen atoms in total. The Morgan fingerprint density at radius 3 is 1.72 bits per heavy atom. The Kier molecular flexibility index (Phi) is 4.80. The highest BCUT2D eigenvalue weighted by Crippen LogP contribution is 2.55. The minimum absolute atomic E-state index is 0.0585. The van der Waals surface area contributed by atoms with E-state index in [0.29, 0.717) is 0 Å². The summed E-state index contributed by atoms with van der Waals surface area (Å²) in [6.07, 6.45) is 5.70. The highest BCUT2D eigenvalue weighted by atomic mass is 15.2. The average molecular weight is 498 g/mol. The summed E-state index contributed by atoms with van der Waals surface area (Å²) in [5.74, 6) is 0. The van der Waals surface area contributed by atoms with Crippen LogP contribution in [0.25, 0.3) is 0 Å². The molecule has 3 aromatic carbocycles. The van der Waals surface area contributed by atoms with E-state index >= 15 is 0 Å². The third-order valence-corrected chi connectivity index (χ3v) is 8.09. The number of pyridine rings is 3. The van der Waals surface area contributed by atoms with Gasteiger partial charge in [-0.15, -0.1) is 0 Å². The number of anilines is 3. The summed E-state index contributed by atoms with van der Waals surface area (Å²) >= 11 is 0. The van der Waals surface area contributed by atoms with E-state index < -0.39 is 5.41 Å². The van der Waals surface area contributed by atoms with Crippen molar-refractivity contribution in [2.24, 2.45) is 0 Å². The molecule has 0 saturated heterocycles. The fraction of sp³-hybridized carbons (Fsp3) is 0.0294. The van der Waals surface area contributed by atoms with E-state index in [0.717, 1.165) is 34.1 Å². The first-order chi connectivity index (χ1) is 19.4. The number of hydrogen-bond acceptors (Lipinski definition) is 4. The molecule has 0 aliphatic carbocycles. The number of para-hydroxylation sites is 1. The van der Waals surface area contributed by atoms with Gasteiger partial charge in [0.1, 0.15) is 5.41 Å². The van der Waals surface area contributed by atoms with Gasteiger partial charge in [0.25, 0.3) is 0 Å². The molecular formula is C34H23BN4. The van der Waals surface area contributed by atoms with Gasteiger partial charge in [0.05, 0.1) is 28.5 Å².